The van der Waals surface area contributed by atoms with Crippen LogP contribution in [0.1, 0.15) is 59.3 Å². The third-order valence-corrected chi connectivity index (χ3v) is 4.55. The molecule has 3 atom stereocenters. The lowest BCUT2D eigenvalue weighted by Gasteiger charge is -2.33. The number of nitrogens with one attached hydrogen (secondary N) is 1. The molecular weight excluding hydrogens is 240 g/mol. The van der Waals surface area contributed by atoms with E-state index in [1.165, 1.54) is 19.3 Å². The minimum atomic E-state index is -0.248. The second kappa shape index (κ2) is 5.93. The lowest BCUT2D eigenvalue weighted by molar-refractivity contribution is -0.137. The number of carbonyl (C=O) groups excluding carboxylic acids is 2. The Kier molecular flexibility index (Phi) is 4.48. The van der Waals surface area contributed by atoms with E-state index in [9.17, 15) is 9.59 Å². The molecule has 1 saturated carbocycles. The first-order valence-electron chi connectivity index (χ1n) is 7.62. The van der Waals surface area contributed by atoms with Gasteiger partial charge in [-0.1, -0.05) is 19.8 Å². The van der Waals surface area contributed by atoms with Gasteiger partial charge in [0.05, 0.1) is 0 Å². The predicted molar refractivity (Wildman–Crippen MR) is 74.6 cm³/mol. The zero-order valence-corrected chi connectivity index (χ0v) is 12.3. The summed E-state index contributed by atoms with van der Waals surface area (Å²) < 4.78 is 0. The van der Waals surface area contributed by atoms with Crippen LogP contribution in [0.25, 0.3) is 0 Å². The Morgan fingerprint density at radius 1 is 1.26 bits per heavy atom. The van der Waals surface area contributed by atoms with Crippen molar-refractivity contribution in [1.82, 2.24) is 10.2 Å². The Bertz CT molecular complexity index is 354. The van der Waals surface area contributed by atoms with Crippen LogP contribution in [-0.4, -0.2) is 34.8 Å². The van der Waals surface area contributed by atoms with E-state index in [-0.39, 0.29) is 23.9 Å². The number of rotatable bonds is 3. The maximum Gasteiger partial charge on any atom is 0.243 e. The van der Waals surface area contributed by atoms with Gasteiger partial charge in [-0.05, 0) is 39.0 Å². The number of hydrogen-bond donors (Lipinski definition) is 1. The average molecular weight is 266 g/mol. The van der Waals surface area contributed by atoms with E-state index >= 15 is 0 Å². The molecule has 3 unspecified atom stereocenters. The van der Waals surface area contributed by atoms with Crippen LogP contribution in [-0.2, 0) is 9.59 Å². The zero-order chi connectivity index (χ0) is 14.0. The van der Waals surface area contributed by atoms with Crippen molar-refractivity contribution in [3.63, 3.8) is 0 Å². The summed E-state index contributed by atoms with van der Waals surface area (Å²) in [5.74, 6) is 0.729. The normalized spacial score (nSPS) is 31.9. The first kappa shape index (κ1) is 14.4. The summed E-state index contributed by atoms with van der Waals surface area (Å²) in [6.07, 6.45) is 5.93. The topological polar surface area (TPSA) is 49.4 Å². The van der Waals surface area contributed by atoms with Crippen LogP contribution in [0.2, 0.25) is 0 Å². The van der Waals surface area contributed by atoms with Crippen LogP contribution >= 0.6 is 0 Å². The lowest BCUT2D eigenvalue weighted by Crippen LogP contribution is -2.51. The summed E-state index contributed by atoms with van der Waals surface area (Å²) >= 11 is 0. The van der Waals surface area contributed by atoms with Gasteiger partial charge in [0.1, 0.15) is 6.04 Å². The van der Waals surface area contributed by atoms with Crippen LogP contribution in [0.4, 0.5) is 0 Å². The van der Waals surface area contributed by atoms with Crippen molar-refractivity contribution in [2.75, 3.05) is 0 Å². The molecule has 2 amide bonds. The largest absolute Gasteiger partial charge is 0.351 e. The number of hydrogen-bond acceptors (Lipinski definition) is 2. The van der Waals surface area contributed by atoms with Gasteiger partial charge in [-0.2, -0.15) is 0 Å². The van der Waals surface area contributed by atoms with Crippen molar-refractivity contribution in [2.24, 2.45) is 5.92 Å². The average Bonchev–Trinajstić information content (AvgIpc) is 2.74. The molecule has 2 fully saturated rings. The second-order valence-electron chi connectivity index (χ2n) is 6.33. The maximum atomic E-state index is 12.4. The Morgan fingerprint density at radius 2 is 1.95 bits per heavy atom. The highest BCUT2D eigenvalue weighted by atomic mass is 16.2. The van der Waals surface area contributed by atoms with Gasteiger partial charge in [-0.3, -0.25) is 9.59 Å². The molecular formula is C15H26N2O2. The number of amides is 2. The lowest BCUT2D eigenvalue weighted by atomic mass is 9.86. The molecule has 108 valence electrons. The Hall–Kier alpha value is -1.06. The molecule has 2 aliphatic rings. The van der Waals surface area contributed by atoms with Gasteiger partial charge < -0.3 is 10.2 Å². The summed E-state index contributed by atoms with van der Waals surface area (Å²) in [4.78, 5) is 26.0. The molecule has 0 aromatic heterocycles. The summed E-state index contributed by atoms with van der Waals surface area (Å²) in [5, 5.41) is 3.18. The van der Waals surface area contributed by atoms with Gasteiger partial charge in [0.15, 0.2) is 0 Å². The van der Waals surface area contributed by atoms with E-state index in [4.69, 9.17) is 0 Å². The maximum absolute atomic E-state index is 12.4. The van der Waals surface area contributed by atoms with Gasteiger partial charge in [0.25, 0.3) is 0 Å². The van der Waals surface area contributed by atoms with E-state index in [2.05, 4.69) is 12.2 Å². The van der Waals surface area contributed by atoms with Gasteiger partial charge >= 0.3 is 0 Å². The molecule has 0 aromatic carbocycles. The monoisotopic (exact) mass is 266 g/mol. The molecule has 1 N–H and O–H groups in total. The third kappa shape index (κ3) is 3.10. The number of likely N-dealkylation sites (tertiary alicyclic amines) is 1. The quantitative estimate of drug-likeness (QED) is 0.850. The highest BCUT2D eigenvalue weighted by Crippen LogP contribution is 2.26. The Labute approximate surface area is 115 Å². The molecule has 2 rings (SSSR count). The molecule has 19 heavy (non-hydrogen) atoms. The molecule has 1 aliphatic heterocycles. The molecule has 1 heterocycles. The number of carbonyl (C=O) groups is 2. The van der Waals surface area contributed by atoms with Crippen LogP contribution in [0.3, 0.4) is 0 Å². The molecule has 4 heteroatoms. The fraction of sp³-hybridized carbons (Fsp3) is 0.867. The van der Waals surface area contributed by atoms with E-state index in [1.807, 2.05) is 13.8 Å². The van der Waals surface area contributed by atoms with Crippen molar-refractivity contribution in [3.05, 3.63) is 0 Å². The fourth-order valence-corrected chi connectivity index (χ4v) is 3.42. The molecule has 0 radical (unpaired) electrons. The Balaban J connectivity index is 1.97. The van der Waals surface area contributed by atoms with Crippen molar-refractivity contribution in [1.29, 1.82) is 0 Å². The van der Waals surface area contributed by atoms with Gasteiger partial charge in [-0.25, -0.2) is 0 Å². The highest BCUT2D eigenvalue weighted by molar-refractivity contribution is 5.91. The molecule has 0 aromatic rings. The van der Waals surface area contributed by atoms with Crippen LogP contribution in [0, 0.1) is 5.92 Å². The van der Waals surface area contributed by atoms with Gasteiger partial charge in [0.2, 0.25) is 11.8 Å². The predicted octanol–water partition coefficient (Wildman–Crippen LogP) is 2.08. The summed E-state index contributed by atoms with van der Waals surface area (Å²) in [7, 11) is 0. The van der Waals surface area contributed by atoms with E-state index in [0.29, 0.717) is 24.8 Å². The van der Waals surface area contributed by atoms with Crippen LogP contribution in [0.5, 0.6) is 0 Å². The van der Waals surface area contributed by atoms with Crippen LogP contribution < -0.4 is 5.32 Å². The van der Waals surface area contributed by atoms with Crippen molar-refractivity contribution in [3.8, 4) is 0 Å². The summed E-state index contributed by atoms with van der Waals surface area (Å²) in [6, 6.07) is 0.155. The third-order valence-electron chi connectivity index (χ3n) is 4.55. The molecule has 4 nitrogen and oxygen atoms in total. The van der Waals surface area contributed by atoms with Gasteiger partial charge in [0, 0.05) is 18.5 Å². The second-order valence-corrected chi connectivity index (χ2v) is 6.33. The first-order chi connectivity index (χ1) is 9.00. The highest BCUT2D eigenvalue weighted by Gasteiger charge is 2.38. The zero-order valence-electron chi connectivity index (χ0n) is 12.3. The molecule has 1 saturated heterocycles. The minimum absolute atomic E-state index is 0.0540. The molecule has 0 bridgehead atoms. The smallest absolute Gasteiger partial charge is 0.243 e. The van der Waals surface area contributed by atoms with Crippen molar-refractivity contribution in [2.45, 2.75) is 77.4 Å². The SMILES string of the molecule is CC1CCCCC1NC(=O)C1CCC(=O)N1C(C)C. The standard InChI is InChI=1S/C15H26N2O2/c1-10(2)17-13(8-9-14(17)18)15(19)16-12-7-5-4-6-11(12)3/h10-13H,4-9H2,1-3H3,(H,16,19). The minimum Gasteiger partial charge on any atom is -0.351 e. The Morgan fingerprint density at radius 3 is 2.58 bits per heavy atom. The van der Waals surface area contributed by atoms with E-state index in [0.717, 1.165) is 6.42 Å². The molecule has 1 aliphatic carbocycles. The van der Waals surface area contributed by atoms with E-state index in [1.54, 1.807) is 4.90 Å². The van der Waals surface area contributed by atoms with Gasteiger partial charge in [-0.15, -0.1) is 0 Å². The first-order valence-corrected chi connectivity index (χ1v) is 7.62. The van der Waals surface area contributed by atoms with Crippen LogP contribution in [0.15, 0.2) is 0 Å². The summed E-state index contributed by atoms with van der Waals surface area (Å²) in [6.45, 7) is 6.17. The summed E-state index contributed by atoms with van der Waals surface area (Å²) in [5.41, 5.74) is 0. The van der Waals surface area contributed by atoms with Crippen molar-refractivity contribution < 1.29 is 9.59 Å². The fourth-order valence-electron chi connectivity index (χ4n) is 3.42. The van der Waals surface area contributed by atoms with E-state index < -0.39 is 0 Å². The molecule has 0 spiro atoms. The van der Waals surface area contributed by atoms with Crippen molar-refractivity contribution >= 4 is 11.8 Å². The number of nitrogens with zero attached hydrogens (tertiary/aromatic N) is 1.